The van der Waals surface area contributed by atoms with E-state index < -0.39 is 0 Å². The number of carbonyl (C=O) groups excluding carboxylic acids is 1. The first kappa shape index (κ1) is 15.8. The number of amides is 1. The van der Waals surface area contributed by atoms with Crippen LogP contribution in [0, 0.1) is 11.3 Å². The highest BCUT2D eigenvalue weighted by atomic mass is 32.2. The van der Waals surface area contributed by atoms with Crippen molar-refractivity contribution in [3.05, 3.63) is 0 Å². The van der Waals surface area contributed by atoms with E-state index in [1.165, 1.54) is 0 Å². The van der Waals surface area contributed by atoms with E-state index in [1.807, 2.05) is 23.7 Å². The third-order valence-electron chi connectivity index (χ3n) is 2.05. The summed E-state index contributed by atoms with van der Waals surface area (Å²) in [7, 11) is 1.90. The van der Waals surface area contributed by atoms with E-state index in [-0.39, 0.29) is 11.3 Å². The minimum atomic E-state index is 0.190. The Hall–Kier alpha value is -0.180. The molecule has 0 radical (unpaired) electrons. The predicted octanol–water partition coefficient (Wildman–Crippen LogP) is 3.27. The summed E-state index contributed by atoms with van der Waals surface area (Å²) in [5, 5.41) is 0. The maximum Gasteiger partial charge on any atom is 0.223 e. The van der Waals surface area contributed by atoms with Crippen molar-refractivity contribution in [3.8, 4) is 0 Å². The molecule has 1 amide bonds. The van der Waals surface area contributed by atoms with Gasteiger partial charge in [0.25, 0.3) is 0 Å². The molecule has 16 heavy (non-hydrogen) atoms. The van der Waals surface area contributed by atoms with Crippen LogP contribution in [0.4, 0.5) is 0 Å². The quantitative estimate of drug-likeness (QED) is 0.669. The van der Waals surface area contributed by atoms with E-state index in [4.69, 9.17) is 0 Å². The van der Waals surface area contributed by atoms with E-state index in [0.717, 1.165) is 18.1 Å². The van der Waals surface area contributed by atoms with Gasteiger partial charge in [-0.25, -0.2) is 0 Å². The van der Waals surface area contributed by atoms with Gasteiger partial charge in [-0.3, -0.25) is 4.79 Å². The van der Waals surface area contributed by atoms with Crippen LogP contribution in [-0.4, -0.2) is 35.9 Å². The molecule has 0 spiro atoms. The zero-order chi connectivity index (χ0) is 12.8. The molecule has 2 nitrogen and oxygen atoms in total. The number of thioether (sulfide) groups is 1. The monoisotopic (exact) mass is 245 g/mol. The molecule has 3 heteroatoms. The first-order chi connectivity index (χ1) is 7.22. The normalized spacial score (nSPS) is 11.9. The topological polar surface area (TPSA) is 20.3 Å². The molecule has 0 bridgehead atoms. The maximum atomic E-state index is 11.8. The largest absolute Gasteiger partial charge is 0.345 e. The van der Waals surface area contributed by atoms with Gasteiger partial charge in [-0.15, -0.1) is 0 Å². The van der Waals surface area contributed by atoms with Crippen molar-refractivity contribution in [2.24, 2.45) is 11.3 Å². The van der Waals surface area contributed by atoms with Crippen LogP contribution in [0.15, 0.2) is 0 Å². The van der Waals surface area contributed by atoms with Gasteiger partial charge in [0.1, 0.15) is 0 Å². The lowest BCUT2D eigenvalue weighted by molar-refractivity contribution is -0.130. The zero-order valence-corrected chi connectivity index (χ0v) is 12.5. The standard InChI is InChI=1S/C13H27NOS/c1-11(2)9-16-8-7-12(15)14(6)10-13(3,4)5/h11H,7-10H2,1-6H3. The van der Waals surface area contributed by atoms with Gasteiger partial charge in [0.05, 0.1) is 0 Å². The van der Waals surface area contributed by atoms with Crippen molar-refractivity contribution >= 4 is 17.7 Å². The Bertz CT molecular complexity index is 208. The molecule has 0 fully saturated rings. The minimum absolute atomic E-state index is 0.190. The first-order valence-corrected chi connectivity index (χ1v) is 7.19. The van der Waals surface area contributed by atoms with E-state index >= 15 is 0 Å². The van der Waals surface area contributed by atoms with Crippen LogP contribution in [-0.2, 0) is 4.79 Å². The molecule has 0 atom stereocenters. The molecular weight excluding hydrogens is 218 g/mol. The summed E-state index contributed by atoms with van der Waals surface area (Å²) < 4.78 is 0. The van der Waals surface area contributed by atoms with E-state index in [1.54, 1.807) is 0 Å². The van der Waals surface area contributed by atoms with Crippen LogP contribution in [0.3, 0.4) is 0 Å². The van der Waals surface area contributed by atoms with Crippen molar-refractivity contribution in [2.75, 3.05) is 25.1 Å². The molecule has 96 valence electrons. The van der Waals surface area contributed by atoms with E-state index in [0.29, 0.717) is 12.3 Å². The predicted molar refractivity (Wildman–Crippen MR) is 73.9 cm³/mol. The molecular formula is C13H27NOS. The molecule has 0 aromatic rings. The summed E-state index contributed by atoms with van der Waals surface area (Å²) in [6.45, 7) is 11.7. The van der Waals surface area contributed by atoms with Crippen molar-refractivity contribution in [2.45, 2.75) is 41.0 Å². The number of hydrogen-bond donors (Lipinski definition) is 0. The molecule has 0 rings (SSSR count). The lowest BCUT2D eigenvalue weighted by Crippen LogP contribution is -2.34. The zero-order valence-electron chi connectivity index (χ0n) is 11.7. The number of rotatable bonds is 6. The molecule has 0 saturated heterocycles. The number of hydrogen-bond acceptors (Lipinski definition) is 2. The second kappa shape index (κ2) is 7.21. The summed E-state index contributed by atoms with van der Waals surface area (Å²) in [6.07, 6.45) is 0.671. The van der Waals surface area contributed by atoms with Gasteiger partial charge in [0.15, 0.2) is 0 Å². The molecule has 0 unspecified atom stereocenters. The van der Waals surface area contributed by atoms with Crippen LogP contribution in [0.1, 0.15) is 41.0 Å². The average Bonchev–Trinajstić information content (AvgIpc) is 2.08. The van der Waals surface area contributed by atoms with Gasteiger partial charge in [-0.05, 0) is 17.1 Å². The Balaban J connectivity index is 3.72. The second-order valence-corrected chi connectivity index (χ2v) is 7.18. The second-order valence-electron chi connectivity index (χ2n) is 6.03. The molecule has 0 heterocycles. The Kier molecular flexibility index (Phi) is 7.12. The number of carbonyl (C=O) groups is 1. The van der Waals surface area contributed by atoms with Crippen LogP contribution in [0.25, 0.3) is 0 Å². The van der Waals surface area contributed by atoms with Crippen LogP contribution < -0.4 is 0 Å². The molecule has 0 aliphatic rings. The van der Waals surface area contributed by atoms with Crippen molar-refractivity contribution in [1.29, 1.82) is 0 Å². The molecule has 0 saturated carbocycles. The fourth-order valence-electron chi connectivity index (χ4n) is 1.47. The lowest BCUT2D eigenvalue weighted by Gasteiger charge is -2.26. The summed E-state index contributed by atoms with van der Waals surface area (Å²) >= 11 is 1.88. The fourth-order valence-corrected chi connectivity index (χ4v) is 2.43. The number of nitrogens with zero attached hydrogens (tertiary/aromatic N) is 1. The van der Waals surface area contributed by atoms with Crippen molar-refractivity contribution < 1.29 is 4.79 Å². The highest BCUT2D eigenvalue weighted by Gasteiger charge is 2.17. The summed E-state index contributed by atoms with van der Waals surface area (Å²) in [5.41, 5.74) is 0.190. The third-order valence-corrected chi connectivity index (χ3v) is 3.44. The van der Waals surface area contributed by atoms with Crippen LogP contribution >= 0.6 is 11.8 Å². The van der Waals surface area contributed by atoms with E-state index in [9.17, 15) is 4.79 Å². The fraction of sp³-hybridized carbons (Fsp3) is 0.923. The highest BCUT2D eigenvalue weighted by molar-refractivity contribution is 7.99. The third kappa shape index (κ3) is 9.08. The average molecular weight is 245 g/mol. The molecule has 0 N–H and O–H groups in total. The smallest absolute Gasteiger partial charge is 0.223 e. The molecule has 0 aromatic heterocycles. The van der Waals surface area contributed by atoms with Crippen molar-refractivity contribution in [3.63, 3.8) is 0 Å². The minimum Gasteiger partial charge on any atom is -0.345 e. The molecule has 0 aliphatic heterocycles. The first-order valence-electron chi connectivity index (χ1n) is 6.04. The Morgan fingerprint density at radius 3 is 2.31 bits per heavy atom. The Labute approximate surface area is 105 Å². The summed E-state index contributed by atoms with van der Waals surface area (Å²) in [5.74, 6) is 3.08. The van der Waals surface area contributed by atoms with Crippen molar-refractivity contribution in [1.82, 2.24) is 4.90 Å². The van der Waals surface area contributed by atoms with Crippen LogP contribution in [0.5, 0.6) is 0 Å². The van der Waals surface area contributed by atoms with Gasteiger partial charge in [-0.1, -0.05) is 34.6 Å². The van der Waals surface area contributed by atoms with Gasteiger partial charge >= 0.3 is 0 Å². The SMILES string of the molecule is CC(C)CSCCC(=O)N(C)CC(C)(C)C. The van der Waals surface area contributed by atoms with Gasteiger partial charge < -0.3 is 4.90 Å². The van der Waals surface area contributed by atoms with Crippen LogP contribution in [0.2, 0.25) is 0 Å². The van der Waals surface area contributed by atoms with Gasteiger partial charge in [0.2, 0.25) is 5.91 Å². The maximum absolute atomic E-state index is 11.8. The van der Waals surface area contributed by atoms with Gasteiger partial charge in [-0.2, -0.15) is 11.8 Å². The Morgan fingerprint density at radius 2 is 1.88 bits per heavy atom. The molecule has 0 aliphatic carbocycles. The summed E-state index contributed by atoms with van der Waals surface area (Å²) in [4.78, 5) is 13.6. The Morgan fingerprint density at radius 1 is 1.31 bits per heavy atom. The van der Waals surface area contributed by atoms with E-state index in [2.05, 4.69) is 34.6 Å². The lowest BCUT2D eigenvalue weighted by atomic mass is 9.96. The van der Waals surface area contributed by atoms with Gasteiger partial charge in [0, 0.05) is 25.8 Å². The summed E-state index contributed by atoms with van der Waals surface area (Å²) in [6, 6.07) is 0. The highest BCUT2D eigenvalue weighted by Crippen LogP contribution is 2.15. The molecule has 0 aromatic carbocycles.